The number of ether oxygens (including phenoxy) is 1. The van der Waals surface area contributed by atoms with E-state index in [2.05, 4.69) is 16.2 Å². The van der Waals surface area contributed by atoms with E-state index in [4.69, 9.17) is 14.5 Å². The summed E-state index contributed by atoms with van der Waals surface area (Å²) < 4.78 is 10.5. The summed E-state index contributed by atoms with van der Waals surface area (Å²) >= 11 is 0. The van der Waals surface area contributed by atoms with E-state index in [1.807, 2.05) is 6.92 Å². The highest BCUT2D eigenvalue weighted by Crippen LogP contribution is 2.41. The second kappa shape index (κ2) is 4.62. The third kappa shape index (κ3) is 2.39. The second-order valence-electron chi connectivity index (χ2n) is 4.27. The van der Waals surface area contributed by atoms with Gasteiger partial charge in [0.25, 0.3) is 0 Å². The van der Waals surface area contributed by atoms with Gasteiger partial charge in [0.2, 0.25) is 11.7 Å². The fourth-order valence-electron chi connectivity index (χ4n) is 1.68. The lowest BCUT2D eigenvalue weighted by molar-refractivity contribution is 0.0751. The van der Waals surface area contributed by atoms with Crippen molar-refractivity contribution < 1.29 is 9.26 Å². The number of nitrogens with zero attached hydrogens (tertiary/aromatic N) is 3. The van der Waals surface area contributed by atoms with E-state index in [0.29, 0.717) is 24.1 Å². The molecule has 0 amide bonds. The molecule has 1 aliphatic rings. The van der Waals surface area contributed by atoms with Crippen molar-refractivity contribution in [3.8, 4) is 6.07 Å². The molecule has 5 heteroatoms. The van der Waals surface area contributed by atoms with Gasteiger partial charge in [-0.05, 0) is 25.7 Å². The van der Waals surface area contributed by atoms with Crippen molar-refractivity contribution in [2.45, 2.75) is 32.3 Å². The summed E-state index contributed by atoms with van der Waals surface area (Å²) in [4.78, 5) is 4.28. The van der Waals surface area contributed by atoms with Crippen molar-refractivity contribution >= 4 is 0 Å². The average molecular weight is 221 g/mol. The Labute approximate surface area is 94.4 Å². The number of rotatable bonds is 5. The molecular formula is C11H15N3O2. The highest BCUT2D eigenvalue weighted by atomic mass is 16.5. The first-order valence-corrected chi connectivity index (χ1v) is 5.49. The second-order valence-corrected chi connectivity index (χ2v) is 4.27. The SMILES string of the molecule is COC(c1noc(CC(C)C#N)n1)C1CC1. The zero-order chi connectivity index (χ0) is 11.5. The normalized spacial score (nSPS) is 19.1. The summed E-state index contributed by atoms with van der Waals surface area (Å²) in [5.41, 5.74) is 0. The van der Waals surface area contributed by atoms with Gasteiger partial charge in [0.1, 0.15) is 6.10 Å². The van der Waals surface area contributed by atoms with E-state index in [9.17, 15) is 0 Å². The standard InChI is InChI=1S/C11H15N3O2/c1-7(6-12)5-9-13-11(14-16-9)10(15-2)8-3-4-8/h7-8,10H,3-5H2,1-2H3. The zero-order valence-corrected chi connectivity index (χ0v) is 9.51. The van der Waals surface area contributed by atoms with Crippen LogP contribution in [-0.4, -0.2) is 17.3 Å². The molecule has 5 nitrogen and oxygen atoms in total. The molecule has 0 N–H and O–H groups in total. The van der Waals surface area contributed by atoms with Crippen molar-refractivity contribution in [2.75, 3.05) is 7.11 Å². The minimum atomic E-state index is -0.102. The van der Waals surface area contributed by atoms with Gasteiger partial charge in [-0.15, -0.1) is 0 Å². The molecule has 2 atom stereocenters. The highest BCUT2D eigenvalue weighted by Gasteiger charge is 2.35. The molecule has 0 spiro atoms. The Morgan fingerprint density at radius 2 is 2.38 bits per heavy atom. The van der Waals surface area contributed by atoms with Crippen LogP contribution in [-0.2, 0) is 11.2 Å². The van der Waals surface area contributed by atoms with Gasteiger partial charge in [-0.2, -0.15) is 10.2 Å². The van der Waals surface area contributed by atoms with Gasteiger partial charge in [-0.25, -0.2) is 0 Å². The molecule has 0 saturated heterocycles. The lowest BCUT2D eigenvalue weighted by Gasteiger charge is -2.08. The van der Waals surface area contributed by atoms with Gasteiger partial charge in [-0.3, -0.25) is 0 Å². The van der Waals surface area contributed by atoms with Crippen LogP contribution in [0.4, 0.5) is 0 Å². The first-order chi connectivity index (χ1) is 7.74. The summed E-state index contributed by atoms with van der Waals surface area (Å²) in [5.74, 6) is 1.57. The van der Waals surface area contributed by atoms with Gasteiger partial charge >= 0.3 is 0 Å². The first-order valence-electron chi connectivity index (χ1n) is 5.49. The van der Waals surface area contributed by atoms with Crippen LogP contribution in [0.15, 0.2) is 4.52 Å². The molecule has 0 aromatic carbocycles. The van der Waals surface area contributed by atoms with Crippen LogP contribution in [0.1, 0.15) is 37.6 Å². The summed E-state index contributed by atoms with van der Waals surface area (Å²) in [6, 6.07) is 2.14. The Morgan fingerprint density at radius 3 is 2.94 bits per heavy atom. The topological polar surface area (TPSA) is 71.9 Å². The van der Waals surface area contributed by atoms with Crippen molar-refractivity contribution in [1.29, 1.82) is 5.26 Å². The molecular weight excluding hydrogens is 206 g/mol. The molecule has 86 valence electrons. The number of hydrogen-bond donors (Lipinski definition) is 0. The fraction of sp³-hybridized carbons (Fsp3) is 0.727. The van der Waals surface area contributed by atoms with E-state index in [0.717, 1.165) is 12.8 Å². The van der Waals surface area contributed by atoms with Crippen molar-refractivity contribution in [1.82, 2.24) is 10.1 Å². The monoisotopic (exact) mass is 221 g/mol. The Balaban J connectivity index is 2.03. The molecule has 1 aliphatic carbocycles. The Hall–Kier alpha value is -1.41. The molecule has 0 bridgehead atoms. The number of nitriles is 1. The van der Waals surface area contributed by atoms with E-state index >= 15 is 0 Å². The van der Waals surface area contributed by atoms with E-state index < -0.39 is 0 Å². The van der Waals surface area contributed by atoms with Crippen LogP contribution in [0.2, 0.25) is 0 Å². The lowest BCUT2D eigenvalue weighted by Crippen LogP contribution is -2.06. The van der Waals surface area contributed by atoms with Crippen LogP contribution >= 0.6 is 0 Å². The van der Waals surface area contributed by atoms with Gasteiger partial charge in [-0.1, -0.05) is 5.16 Å². The maximum absolute atomic E-state index is 8.69. The van der Waals surface area contributed by atoms with Crippen LogP contribution in [0.25, 0.3) is 0 Å². The van der Waals surface area contributed by atoms with Crippen molar-refractivity contribution in [3.63, 3.8) is 0 Å². The van der Waals surface area contributed by atoms with Crippen molar-refractivity contribution in [3.05, 3.63) is 11.7 Å². The van der Waals surface area contributed by atoms with Gasteiger partial charge in [0.15, 0.2) is 0 Å². The van der Waals surface area contributed by atoms with Crippen molar-refractivity contribution in [2.24, 2.45) is 11.8 Å². The molecule has 0 aliphatic heterocycles. The summed E-state index contributed by atoms with van der Waals surface area (Å²) in [7, 11) is 1.66. The molecule has 1 fully saturated rings. The molecule has 1 heterocycles. The van der Waals surface area contributed by atoms with Crippen LogP contribution in [0.5, 0.6) is 0 Å². The van der Waals surface area contributed by atoms with E-state index in [-0.39, 0.29) is 12.0 Å². The average Bonchev–Trinajstić information content (AvgIpc) is 3.01. The molecule has 0 radical (unpaired) electrons. The lowest BCUT2D eigenvalue weighted by atomic mass is 10.1. The van der Waals surface area contributed by atoms with Crippen LogP contribution < -0.4 is 0 Å². The Kier molecular flexibility index (Phi) is 3.20. The maximum atomic E-state index is 8.69. The minimum Gasteiger partial charge on any atom is -0.373 e. The molecule has 2 unspecified atom stereocenters. The predicted molar refractivity (Wildman–Crippen MR) is 55.3 cm³/mol. The molecule has 1 aromatic rings. The molecule has 16 heavy (non-hydrogen) atoms. The third-order valence-corrected chi connectivity index (χ3v) is 2.74. The maximum Gasteiger partial charge on any atom is 0.228 e. The minimum absolute atomic E-state index is 0.0464. The van der Waals surface area contributed by atoms with E-state index in [1.54, 1.807) is 7.11 Å². The molecule has 1 aromatic heterocycles. The fourth-order valence-corrected chi connectivity index (χ4v) is 1.68. The summed E-state index contributed by atoms with van der Waals surface area (Å²) in [5, 5.41) is 12.6. The Bertz CT molecular complexity index is 392. The largest absolute Gasteiger partial charge is 0.373 e. The smallest absolute Gasteiger partial charge is 0.228 e. The van der Waals surface area contributed by atoms with Gasteiger partial charge in [0.05, 0.1) is 12.0 Å². The molecule has 2 rings (SSSR count). The van der Waals surface area contributed by atoms with Crippen LogP contribution in [0, 0.1) is 23.2 Å². The number of hydrogen-bond acceptors (Lipinski definition) is 5. The summed E-state index contributed by atoms with van der Waals surface area (Å²) in [6.45, 7) is 1.83. The summed E-state index contributed by atoms with van der Waals surface area (Å²) in [6.07, 6.45) is 2.79. The van der Waals surface area contributed by atoms with Gasteiger partial charge in [0, 0.05) is 13.5 Å². The highest BCUT2D eigenvalue weighted by molar-refractivity contribution is 4.99. The number of methoxy groups -OCH3 is 1. The first kappa shape index (κ1) is 11.1. The zero-order valence-electron chi connectivity index (χ0n) is 9.51. The third-order valence-electron chi connectivity index (χ3n) is 2.74. The van der Waals surface area contributed by atoms with Crippen LogP contribution in [0.3, 0.4) is 0 Å². The number of aromatic nitrogens is 2. The van der Waals surface area contributed by atoms with E-state index in [1.165, 1.54) is 0 Å². The van der Waals surface area contributed by atoms with Gasteiger partial charge < -0.3 is 9.26 Å². The quantitative estimate of drug-likeness (QED) is 0.758. The molecule has 1 saturated carbocycles. The Morgan fingerprint density at radius 1 is 1.62 bits per heavy atom. The predicted octanol–water partition coefficient (Wildman–Crippen LogP) is 1.87.